The maximum Gasteiger partial charge on any atom is -0.0248 e. The fourth-order valence-electron chi connectivity index (χ4n) is 4.08. The van der Waals surface area contributed by atoms with Crippen LogP contribution in [0.25, 0.3) is 0 Å². The van der Waals surface area contributed by atoms with Crippen LogP contribution in [0.3, 0.4) is 0 Å². The zero-order chi connectivity index (χ0) is 16.1. The lowest BCUT2D eigenvalue weighted by Crippen LogP contribution is -2.11. The van der Waals surface area contributed by atoms with E-state index >= 15 is 0 Å². The Balaban J connectivity index is 2.06. The van der Waals surface area contributed by atoms with E-state index in [2.05, 4.69) is 46.8 Å². The second-order valence-electron chi connectivity index (χ2n) is 8.05. The molecule has 0 heteroatoms. The monoisotopic (exact) mass is 300 g/mol. The van der Waals surface area contributed by atoms with Crippen LogP contribution in [0.5, 0.6) is 0 Å². The molecule has 0 aromatic rings. The predicted molar refractivity (Wildman–Crippen MR) is 99.0 cm³/mol. The van der Waals surface area contributed by atoms with Gasteiger partial charge in [0.2, 0.25) is 0 Å². The van der Waals surface area contributed by atoms with Crippen molar-refractivity contribution >= 4 is 0 Å². The van der Waals surface area contributed by atoms with Crippen LogP contribution in [0.1, 0.15) is 86.0 Å². The van der Waals surface area contributed by atoms with Crippen molar-refractivity contribution in [2.24, 2.45) is 17.8 Å². The van der Waals surface area contributed by atoms with E-state index in [-0.39, 0.29) is 0 Å². The molecule has 3 atom stereocenters. The zero-order valence-corrected chi connectivity index (χ0v) is 15.5. The Morgan fingerprint density at radius 3 is 2.36 bits per heavy atom. The molecule has 0 heterocycles. The summed E-state index contributed by atoms with van der Waals surface area (Å²) in [5.74, 6) is 2.80. The van der Waals surface area contributed by atoms with Gasteiger partial charge in [-0.15, -0.1) is 0 Å². The molecule has 0 aromatic carbocycles. The summed E-state index contributed by atoms with van der Waals surface area (Å²) in [6, 6.07) is 0. The highest BCUT2D eigenvalue weighted by molar-refractivity contribution is 5.38. The van der Waals surface area contributed by atoms with Crippen LogP contribution in [-0.4, -0.2) is 0 Å². The Hall–Kier alpha value is -0.780. The largest absolute Gasteiger partial charge is 0.0764 e. The lowest BCUT2D eigenvalue weighted by molar-refractivity contribution is 0.349. The van der Waals surface area contributed by atoms with Crippen LogP contribution in [0.2, 0.25) is 0 Å². The number of allylic oxidation sites excluding steroid dienone is 6. The Bertz CT molecular complexity index is 450. The summed E-state index contributed by atoms with van der Waals surface area (Å²) in [7, 11) is 0. The molecule has 2 saturated carbocycles. The summed E-state index contributed by atoms with van der Waals surface area (Å²) >= 11 is 0. The Morgan fingerprint density at radius 2 is 1.86 bits per heavy atom. The molecule has 0 amide bonds. The van der Waals surface area contributed by atoms with E-state index < -0.39 is 0 Å². The molecule has 2 aliphatic carbocycles. The molecule has 3 unspecified atom stereocenters. The van der Waals surface area contributed by atoms with Crippen molar-refractivity contribution in [3.8, 4) is 0 Å². The van der Waals surface area contributed by atoms with Crippen molar-refractivity contribution in [3.63, 3.8) is 0 Å². The summed E-state index contributed by atoms with van der Waals surface area (Å²) in [6.45, 7) is 11.6. The third kappa shape index (κ3) is 4.61. The smallest absolute Gasteiger partial charge is 0.0248 e. The molecule has 0 aliphatic heterocycles. The molecule has 22 heavy (non-hydrogen) atoms. The van der Waals surface area contributed by atoms with E-state index in [0.717, 1.165) is 17.8 Å². The second kappa shape index (κ2) is 8.18. The van der Waals surface area contributed by atoms with E-state index in [1.54, 1.807) is 16.7 Å². The first-order valence-electron chi connectivity index (χ1n) is 9.54. The van der Waals surface area contributed by atoms with Crippen LogP contribution >= 0.6 is 0 Å². The average Bonchev–Trinajstić information content (AvgIpc) is 2.89. The van der Waals surface area contributed by atoms with Gasteiger partial charge >= 0.3 is 0 Å². The van der Waals surface area contributed by atoms with Crippen LogP contribution in [0, 0.1) is 17.8 Å². The predicted octanol–water partition coefficient (Wildman–Crippen LogP) is 7.23. The van der Waals surface area contributed by atoms with Crippen LogP contribution < -0.4 is 0 Å². The van der Waals surface area contributed by atoms with Crippen LogP contribution in [-0.2, 0) is 0 Å². The Kier molecular flexibility index (Phi) is 6.53. The van der Waals surface area contributed by atoms with Crippen molar-refractivity contribution in [1.29, 1.82) is 0 Å². The fraction of sp³-hybridized carbons (Fsp3) is 0.727. The summed E-state index contributed by atoms with van der Waals surface area (Å²) in [5, 5.41) is 0. The van der Waals surface area contributed by atoms with Gasteiger partial charge in [0.25, 0.3) is 0 Å². The highest BCUT2D eigenvalue weighted by Gasteiger charge is 2.28. The highest BCUT2D eigenvalue weighted by atomic mass is 14.3. The van der Waals surface area contributed by atoms with Gasteiger partial charge in [0.1, 0.15) is 0 Å². The maximum atomic E-state index is 2.50. The quantitative estimate of drug-likeness (QED) is 0.454. The third-order valence-electron chi connectivity index (χ3n) is 6.09. The van der Waals surface area contributed by atoms with Gasteiger partial charge in [-0.05, 0) is 88.2 Å². The van der Waals surface area contributed by atoms with Gasteiger partial charge in [-0.1, -0.05) is 50.0 Å². The molecule has 0 spiro atoms. The molecule has 0 bridgehead atoms. The minimum atomic E-state index is 0.837. The van der Waals surface area contributed by atoms with Crippen molar-refractivity contribution in [3.05, 3.63) is 34.4 Å². The Labute approximate surface area is 138 Å². The first kappa shape index (κ1) is 17.6. The van der Waals surface area contributed by atoms with Gasteiger partial charge in [-0.2, -0.15) is 0 Å². The fourth-order valence-corrected chi connectivity index (χ4v) is 4.08. The number of hydrogen-bond donors (Lipinski definition) is 0. The molecule has 0 saturated heterocycles. The summed E-state index contributed by atoms with van der Waals surface area (Å²) in [4.78, 5) is 0. The van der Waals surface area contributed by atoms with Gasteiger partial charge in [-0.3, -0.25) is 0 Å². The van der Waals surface area contributed by atoms with Gasteiger partial charge in [0.15, 0.2) is 0 Å². The minimum absolute atomic E-state index is 0.837. The Morgan fingerprint density at radius 1 is 1.14 bits per heavy atom. The van der Waals surface area contributed by atoms with E-state index in [1.165, 1.54) is 56.9 Å². The molecule has 2 fully saturated rings. The molecular formula is C22H36. The normalized spacial score (nSPS) is 26.6. The van der Waals surface area contributed by atoms with E-state index in [4.69, 9.17) is 0 Å². The molecule has 2 rings (SSSR count). The minimum Gasteiger partial charge on any atom is -0.0764 e. The average molecular weight is 301 g/mol. The van der Waals surface area contributed by atoms with Crippen LogP contribution in [0.15, 0.2) is 34.4 Å². The molecule has 124 valence electrons. The number of hydrogen-bond acceptors (Lipinski definition) is 0. The van der Waals surface area contributed by atoms with E-state index in [0.29, 0.717) is 0 Å². The first-order chi connectivity index (χ1) is 10.5. The van der Waals surface area contributed by atoms with Gasteiger partial charge in [0.05, 0.1) is 0 Å². The number of rotatable bonds is 6. The molecule has 2 aliphatic rings. The van der Waals surface area contributed by atoms with E-state index in [1.807, 2.05) is 0 Å². The van der Waals surface area contributed by atoms with Crippen molar-refractivity contribution in [2.75, 3.05) is 0 Å². The summed E-state index contributed by atoms with van der Waals surface area (Å²) < 4.78 is 0. The van der Waals surface area contributed by atoms with Crippen molar-refractivity contribution in [1.82, 2.24) is 0 Å². The molecule has 0 nitrogen and oxygen atoms in total. The van der Waals surface area contributed by atoms with Gasteiger partial charge in [0, 0.05) is 0 Å². The molecule has 0 radical (unpaired) electrons. The molecule has 0 N–H and O–H groups in total. The van der Waals surface area contributed by atoms with Crippen molar-refractivity contribution in [2.45, 2.75) is 86.0 Å². The summed E-state index contributed by atoms with van der Waals surface area (Å²) in [5.41, 5.74) is 6.35. The lowest BCUT2D eigenvalue weighted by atomic mass is 9.80. The van der Waals surface area contributed by atoms with Gasteiger partial charge < -0.3 is 0 Å². The van der Waals surface area contributed by atoms with E-state index in [9.17, 15) is 0 Å². The second-order valence-corrected chi connectivity index (χ2v) is 8.05. The van der Waals surface area contributed by atoms with Crippen LogP contribution in [0.4, 0.5) is 0 Å². The highest BCUT2D eigenvalue weighted by Crippen LogP contribution is 2.41. The first-order valence-corrected chi connectivity index (χ1v) is 9.54. The lowest BCUT2D eigenvalue weighted by Gasteiger charge is -2.25. The zero-order valence-electron chi connectivity index (χ0n) is 15.5. The van der Waals surface area contributed by atoms with Gasteiger partial charge in [-0.25, -0.2) is 0 Å². The maximum absolute atomic E-state index is 2.50. The summed E-state index contributed by atoms with van der Waals surface area (Å²) in [6.07, 6.45) is 15.9. The standard InChI is InChI=1S/C22H36/c1-6-19-11-13-21(15-19)17(4)14-22(12-10-16(2)3)18(5)20-8-7-9-20/h10,12,17,19,21H,6-9,11,13-15H2,1-5H3. The third-order valence-corrected chi connectivity index (χ3v) is 6.09. The molecular weight excluding hydrogens is 264 g/mol. The topological polar surface area (TPSA) is 0 Å². The SMILES string of the molecule is CCC1CCC(C(C)CC(=CC=C(C)C)C(C)=C2CCC2)C1. The molecule has 0 aromatic heterocycles. The van der Waals surface area contributed by atoms with Crippen molar-refractivity contribution < 1.29 is 0 Å².